The van der Waals surface area contributed by atoms with E-state index in [0.717, 1.165) is 19.6 Å². The molecule has 0 aliphatic carbocycles. The predicted molar refractivity (Wildman–Crippen MR) is 83.5 cm³/mol. The number of hydrogen-bond donors (Lipinski definition) is 1. The fourth-order valence-electron chi connectivity index (χ4n) is 1.94. The molecule has 0 amide bonds. The van der Waals surface area contributed by atoms with Crippen LogP contribution in [0.1, 0.15) is 27.7 Å². The second-order valence-corrected chi connectivity index (χ2v) is 4.56. The van der Waals surface area contributed by atoms with E-state index in [4.69, 9.17) is 14.2 Å². The second kappa shape index (κ2) is 14.3. The zero-order valence-electron chi connectivity index (χ0n) is 14.0. The lowest BCUT2D eigenvalue weighted by Gasteiger charge is -2.26. The summed E-state index contributed by atoms with van der Waals surface area (Å²) in [6, 6.07) is -0.307. The summed E-state index contributed by atoms with van der Waals surface area (Å²) in [5.74, 6) is -0.197. The number of ether oxygens (including phenoxy) is 3. The van der Waals surface area contributed by atoms with E-state index in [1.54, 1.807) is 0 Å². The molecule has 0 rings (SSSR count). The normalized spacial score (nSPS) is 12.6. The Morgan fingerprint density at radius 2 is 1.57 bits per heavy atom. The number of nitrogens with one attached hydrogen (secondary N) is 1. The Morgan fingerprint density at radius 1 is 1.00 bits per heavy atom. The summed E-state index contributed by atoms with van der Waals surface area (Å²) in [5.41, 5.74) is 0. The third-order valence-electron chi connectivity index (χ3n) is 2.97. The average molecular weight is 304 g/mol. The number of likely N-dealkylation sites (N-methyl/N-ethyl adjacent to an activating group) is 1. The van der Waals surface area contributed by atoms with Gasteiger partial charge in [0.25, 0.3) is 0 Å². The summed E-state index contributed by atoms with van der Waals surface area (Å²) in [7, 11) is 0. The first-order valence-electron chi connectivity index (χ1n) is 7.97. The minimum atomic E-state index is -0.307. The van der Waals surface area contributed by atoms with Gasteiger partial charge in [-0.2, -0.15) is 0 Å². The summed E-state index contributed by atoms with van der Waals surface area (Å²) in [4.78, 5) is 14.1. The van der Waals surface area contributed by atoms with Crippen molar-refractivity contribution in [2.45, 2.75) is 33.7 Å². The molecule has 0 fully saturated rings. The van der Waals surface area contributed by atoms with E-state index in [-0.39, 0.29) is 12.0 Å². The van der Waals surface area contributed by atoms with Crippen LogP contribution in [-0.2, 0) is 19.0 Å². The van der Waals surface area contributed by atoms with E-state index >= 15 is 0 Å². The maximum atomic E-state index is 12.0. The largest absolute Gasteiger partial charge is 0.465 e. The fraction of sp³-hybridized carbons (Fsp3) is 0.933. The van der Waals surface area contributed by atoms with Gasteiger partial charge in [-0.3, -0.25) is 9.69 Å². The van der Waals surface area contributed by atoms with Crippen molar-refractivity contribution in [3.05, 3.63) is 0 Å². The van der Waals surface area contributed by atoms with Crippen LogP contribution in [0.25, 0.3) is 0 Å². The fourth-order valence-corrected chi connectivity index (χ4v) is 1.94. The van der Waals surface area contributed by atoms with E-state index < -0.39 is 0 Å². The quantitative estimate of drug-likeness (QED) is 0.380. The molecule has 0 saturated heterocycles. The minimum Gasteiger partial charge on any atom is -0.465 e. The van der Waals surface area contributed by atoms with Crippen LogP contribution >= 0.6 is 0 Å². The van der Waals surface area contributed by atoms with Gasteiger partial charge in [-0.05, 0) is 27.3 Å². The Kier molecular flexibility index (Phi) is 13.8. The van der Waals surface area contributed by atoms with Gasteiger partial charge in [0.1, 0.15) is 6.04 Å². The Hall–Kier alpha value is -0.690. The number of esters is 1. The molecule has 21 heavy (non-hydrogen) atoms. The maximum Gasteiger partial charge on any atom is 0.324 e. The Balaban J connectivity index is 4.41. The minimum absolute atomic E-state index is 0.197. The molecule has 0 aliphatic rings. The van der Waals surface area contributed by atoms with Gasteiger partial charge in [-0.1, -0.05) is 6.92 Å². The molecule has 0 spiro atoms. The van der Waals surface area contributed by atoms with Crippen LogP contribution in [0.4, 0.5) is 0 Å². The standard InChI is InChI=1S/C15H32N2O4/c1-5-16-14(15(18)21-8-4)13-17(9-11-19-6-2)10-12-20-7-3/h14,16H,5-13H2,1-4H3. The van der Waals surface area contributed by atoms with Gasteiger partial charge in [0.2, 0.25) is 0 Å². The highest BCUT2D eigenvalue weighted by Crippen LogP contribution is 1.98. The molecule has 0 saturated carbocycles. The first kappa shape index (κ1) is 20.3. The summed E-state index contributed by atoms with van der Waals surface area (Å²) in [6.45, 7) is 13.8. The Morgan fingerprint density at radius 3 is 2.00 bits per heavy atom. The van der Waals surface area contributed by atoms with Gasteiger partial charge in [0.15, 0.2) is 0 Å². The summed E-state index contributed by atoms with van der Waals surface area (Å²) in [6.07, 6.45) is 0. The monoisotopic (exact) mass is 304 g/mol. The number of nitrogens with zero attached hydrogens (tertiary/aromatic N) is 1. The average Bonchev–Trinajstić information content (AvgIpc) is 2.47. The number of rotatable bonds is 14. The SMILES string of the molecule is CCNC(CN(CCOCC)CCOCC)C(=O)OCC. The van der Waals surface area contributed by atoms with E-state index in [1.165, 1.54) is 0 Å². The van der Waals surface area contributed by atoms with Gasteiger partial charge >= 0.3 is 5.97 Å². The molecule has 1 unspecified atom stereocenters. The highest BCUT2D eigenvalue weighted by Gasteiger charge is 2.21. The molecular weight excluding hydrogens is 272 g/mol. The summed E-state index contributed by atoms with van der Waals surface area (Å²) >= 11 is 0. The van der Waals surface area contributed by atoms with Crippen molar-refractivity contribution in [2.75, 3.05) is 59.2 Å². The van der Waals surface area contributed by atoms with Crippen LogP contribution in [-0.4, -0.2) is 76.1 Å². The highest BCUT2D eigenvalue weighted by atomic mass is 16.5. The number of carbonyl (C=O) groups excluding carboxylic acids is 1. The molecule has 6 heteroatoms. The number of carbonyl (C=O) groups is 1. The lowest BCUT2D eigenvalue weighted by molar-refractivity contribution is -0.146. The predicted octanol–water partition coefficient (Wildman–Crippen LogP) is 0.903. The molecular formula is C15H32N2O4. The Bertz CT molecular complexity index is 242. The van der Waals surface area contributed by atoms with Crippen LogP contribution in [0.5, 0.6) is 0 Å². The van der Waals surface area contributed by atoms with Gasteiger partial charge in [0, 0.05) is 32.8 Å². The first-order valence-corrected chi connectivity index (χ1v) is 7.97. The van der Waals surface area contributed by atoms with Crippen LogP contribution in [0.3, 0.4) is 0 Å². The van der Waals surface area contributed by atoms with Crippen molar-refractivity contribution in [1.82, 2.24) is 10.2 Å². The first-order chi connectivity index (χ1) is 10.2. The zero-order chi connectivity index (χ0) is 15.9. The third-order valence-corrected chi connectivity index (χ3v) is 2.97. The molecule has 0 radical (unpaired) electrons. The van der Waals surface area contributed by atoms with E-state index in [0.29, 0.717) is 39.6 Å². The van der Waals surface area contributed by atoms with Crippen LogP contribution < -0.4 is 5.32 Å². The third kappa shape index (κ3) is 10.6. The summed E-state index contributed by atoms with van der Waals surface area (Å²) < 4.78 is 15.9. The molecule has 0 aromatic heterocycles. The molecule has 6 nitrogen and oxygen atoms in total. The molecule has 1 N–H and O–H groups in total. The molecule has 0 aromatic carbocycles. The van der Waals surface area contributed by atoms with Gasteiger partial charge in [0.05, 0.1) is 19.8 Å². The van der Waals surface area contributed by atoms with Crippen molar-refractivity contribution >= 4 is 5.97 Å². The zero-order valence-corrected chi connectivity index (χ0v) is 14.0. The second-order valence-electron chi connectivity index (χ2n) is 4.56. The van der Waals surface area contributed by atoms with Crippen molar-refractivity contribution in [3.8, 4) is 0 Å². The van der Waals surface area contributed by atoms with Crippen LogP contribution in [0, 0.1) is 0 Å². The van der Waals surface area contributed by atoms with Crippen molar-refractivity contribution < 1.29 is 19.0 Å². The van der Waals surface area contributed by atoms with Crippen LogP contribution in [0.2, 0.25) is 0 Å². The summed E-state index contributed by atoms with van der Waals surface area (Å²) in [5, 5.41) is 3.18. The Labute approximate surface area is 129 Å². The van der Waals surface area contributed by atoms with E-state index in [2.05, 4.69) is 10.2 Å². The van der Waals surface area contributed by atoms with Crippen LogP contribution in [0.15, 0.2) is 0 Å². The smallest absolute Gasteiger partial charge is 0.324 e. The maximum absolute atomic E-state index is 12.0. The van der Waals surface area contributed by atoms with E-state index in [1.807, 2.05) is 27.7 Å². The van der Waals surface area contributed by atoms with Gasteiger partial charge < -0.3 is 19.5 Å². The molecule has 0 aliphatic heterocycles. The van der Waals surface area contributed by atoms with Gasteiger partial charge in [-0.15, -0.1) is 0 Å². The molecule has 0 aromatic rings. The highest BCUT2D eigenvalue weighted by molar-refractivity contribution is 5.76. The lowest BCUT2D eigenvalue weighted by Crippen LogP contribution is -2.48. The molecule has 0 heterocycles. The molecule has 126 valence electrons. The molecule has 0 bridgehead atoms. The van der Waals surface area contributed by atoms with E-state index in [9.17, 15) is 4.79 Å². The van der Waals surface area contributed by atoms with Crippen molar-refractivity contribution in [2.24, 2.45) is 0 Å². The lowest BCUT2D eigenvalue weighted by atomic mass is 10.2. The number of hydrogen-bond acceptors (Lipinski definition) is 6. The molecule has 1 atom stereocenters. The van der Waals surface area contributed by atoms with Crippen molar-refractivity contribution in [3.63, 3.8) is 0 Å². The van der Waals surface area contributed by atoms with Crippen molar-refractivity contribution in [1.29, 1.82) is 0 Å². The topological polar surface area (TPSA) is 60.0 Å². The van der Waals surface area contributed by atoms with Gasteiger partial charge in [-0.25, -0.2) is 0 Å².